The number of benzene rings is 4. The Bertz CT molecular complexity index is 1880. The van der Waals surface area contributed by atoms with Crippen molar-refractivity contribution >= 4 is 16.9 Å². The van der Waals surface area contributed by atoms with Crippen LogP contribution in [0, 0.1) is 5.92 Å². The lowest BCUT2D eigenvalue weighted by Gasteiger charge is -2.42. The van der Waals surface area contributed by atoms with Gasteiger partial charge in [-0.05, 0) is 58.5 Å². The molecule has 0 bridgehead atoms. The van der Waals surface area contributed by atoms with Gasteiger partial charge in [0, 0.05) is 37.7 Å². The number of nitrogens with one attached hydrogen (secondary N) is 1. The molecule has 7 rings (SSSR count). The van der Waals surface area contributed by atoms with Gasteiger partial charge in [0.1, 0.15) is 5.69 Å². The first-order chi connectivity index (χ1) is 23.4. The van der Waals surface area contributed by atoms with Gasteiger partial charge in [-0.1, -0.05) is 79.7 Å². The van der Waals surface area contributed by atoms with Crippen LogP contribution >= 0.6 is 0 Å². The zero-order chi connectivity index (χ0) is 33.0. The van der Waals surface area contributed by atoms with E-state index < -0.39 is 6.29 Å². The maximum absolute atomic E-state index is 12.9. The van der Waals surface area contributed by atoms with E-state index in [-0.39, 0.29) is 42.4 Å². The molecule has 5 atom stereocenters. The van der Waals surface area contributed by atoms with Crippen molar-refractivity contribution in [2.45, 2.75) is 51.1 Å². The highest BCUT2D eigenvalue weighted by molar-refractivity contribution is 5.93. The number of ether oxygens (including phenoxy) is 2. The number of nitrogens with zero attached hydrogens (tertiary/aromatic N) is 3. The molecule has 0 spiro atoms. The molecule has 5 unspecified atom stereocenters. The summed E-state index contributed by atoms with van der Waals surface area (Å²) in [5, 5.41) is 22.7. The summed E-state index contributed by atoms with van der Waals surface area (Å²) in [4.78, 5) is 24.0. The van der Waals surface area contributed by atoms with Gasteiger partial charge in [-0.25, -0.2) is 4.98 Å². The maximum Gasteiger partial charge on any atom is 0.271 e. The zero-order valence-corrected chi connectivity index (χ0v) is 26.9. The van der Waals surface area contributed by atoms with Gasteiger partial charge in [-0.3, -0.25) is 14.7 Å². The molecular weight excluding hydrogens is 604 g/mol. The lowest BCUT2D eigenvalue weighted by Crippen LogP contribution is -2.44. The van der Waals surface area contributed by atoms with E-state index in [0.29, 0.717) is 25.2 Å². The first-order valence-electron chi connectivity index (χ1n) is 16.5. The number of carbonyl (C=O) groups is 1. The number of amides is 1. The van der Waals surface area contributed by atoms with Crippen LogP contribution in [0.1, 0.15) is 58.5 Å². The average Bonchev–Trinajstić information content (AvgIpc) is 3.55. The van der Waals surface area contributed by atoms with Crippen molar-refractivity contribution in [1.29, 1.82) is 0 Å². The van der Waals surface area contributed by atoms with Crippen LogP contribution in [0.5, 0.6) is 0 Å². The normalized spacial score (nSPS) is 22.9. The van der Waals surface area contributed by atoms with Crippen molar-refractivity contribution < 1.29 is 24.5 Å². The molecule has 48 heavy (non-hydrogen) atoms. The number of aliphatic hydroxyl groups is 2. The number of aliphatic hydroxyl groups excluding tert-OH is 2. The van der Waals surface area contributed by atoms with Crippen LogP contribution in [0.4, 0.5) is 0 Å². The Morgan fingerprint density at radius 1 is 0.896 bits per heavy atom. The summed E-state index contributed by atoms with van der Waals surface area (Å²) in [6.45, 7) is 4.70. The van der Waals surface area contributed by atoms with E-state index in [1.807, 2.05) is 72.8 Å². The van der Waals surface area contributed by atoms with E-state index in [9.17, 15) is 15.0 Å². The fourth-order valence-corrected chi connectivity index (χ4v) is 6.63. The van der Waals surface area contributed by atoms with Crippen LogP contribution in [0.25, 0.3) is 22.2 Å². The van der Waals surface area contributed by atoms with E-state index in [4.69, 9.17) is 9.47 Å². The topological polar surface area (TPSA) is 117 Å². The van der Waals surface area contributed by atoms with Crippen LogP contribution in [0.15, 0.2) is 103 Å². The molecule has 2 aliphatic heterocycles. The first kappa shape index (κ1) is 32.1. The smallest absolute Gasteiger partial charge is 0.271 e. The van der Waals surface area contributed by atoms with Crippen LogP contribution in [-0.2, 0) is 22.6 Å². The largest absolute Gasteiger partial charge is 0.392 e. The Labute approximate surface area is 280 Å². The van der Waals surface area contributed by atoms with Gasteiger partial charge >= 0.3 is 0 Å². The van der Waals surface area contributed by atoms with Crippen LogP contribution < -0.4 is 5.32 Å². The first-order valence-corrected chi connectivity index (χ1v) is 16.5. The van der Waals surface area contributed by atoms with Gasteiger partial charge in [0.2, 0.25) is 0 Å². The van der Waals surface area contributed by atoms with Gasteiger partial charge in [-0.2, -0.15) is 0 Å². The average molecular weight is 645 g/mol. The predicted octanol–water partition coefficient (Wildman–Crippen LogP) is 5.58. The van der Waals surface area contributed by atoms with Crippen LogP contribution in [0.3, 0.4) is 0 Å². The molecule has 9 nitrogen and oxygen atoms in total. The van der Waals surface area contributed by atoms with Crippen molar-refractivity contribution in [3.63, 3.8) is 0 Å². The minimum absolute atomic E-state index is 0.00744. The van der Waals surface area contributed by atoms with E-state index in [1.165, 1.54) is 6.20 Å². The van der Waals surface area contributed by atoms with Gasteiger partial charge < -0.3 is 25.0 Å². The third-order valence-electron chi connectivity index (χ3n) is 9.36. The number of rotatable bonds is 9. The van der Waals surface area contributed by atoms with Crippen molar-refractivity contribution in [2.24, 2.45) is 5.92 Å². The van der Waals surface area contributed by atoms with Gasteiger partial charge in [0.05, 0.1) is 42.1 Å². The third-order valence-corrected chi connectivity index (χ3v) is 9.36. The second-order valence-electron chi connectivity index (χ2n) is 12.8. The standard InChI is InChI=1S/C39H40N4O5/c1-25-36(23-43-17-16-32(45)22-43)47-39(48-37(25)28-14-12-26(24-44)13-15-28)31-9-5-8-30(19-31)29-7-4-6-27(18-29)20-41-38(46)35-21-40-33-10-2-3-11-34(33)42-35/h2-15,18-19,21,25,32,36-37,39,44-45H,16-17,20,22-24H2,1H3,(H,41,46). The Morgan fingerprint density at radius 2 is 1.67 bits per heavy atom. The monoisotopic (exact) mass is 644 g/mol. The van der Waals surface area contributed by atoms with Crippen molar-refractivity contribution in [3.05, 3.63) is 131 Å². The van der Waals surface area contributed by atoms with Gasteiger partial charge in [0.15, 0.2) is 6.29 Å². The zero-order valence-electron chi connectivity index (χ0n) is 26.9. The molecule has 2 fully saturated rings. The van der Waals surface area contributed by atoms with Crippen molar-refractivity contribution in [1.82, 2.24) is 20.2 Å². The molecular formula is C39H40N4O5. The fraction of sp³-hybridized carbons (Fsp3) is 0.308. The Kier molecular flexibility index (Phi) is 9.56. The summed E-state index contributed by atoms with van der Waals surface area (Å²) in [5.74, 6) is -0.213. The van der Waals surface area contributed by atoms with Gasteiger partial charge in [0.25, 0.3) is 5.91 Å². The summed E-state index contributed by atoms with van der Waals surface area (Å²) < 4.78 is 13.4. The van der Waals surface area contributed by atoms with Crippen molar-refractivity contribution in [3.8, 4) is 11.1 Å². The third kappa shape index (κ3) is 7.16. The summed E-state index contributed by atoms with van der Waals surface area (Å²) >= 11 is 0. The number of aromatic nitrogens is 2. The number of para-hydroxylation sites is 2. The summed E-state index contributed by atoms with van der Waals surface area (Å²) in [5.41, 5.74) is 7.49. The van der Waals surface area contributed by atoms with Crippen LogP contribution in [0.2, 0.25) is 0 Å². The fourth-order valence-electron chi connectivity index (χ4n) is 6.63. The molecule has 0 radical (unpaired) electrons. The quantitative estimate of drug-likeness (QED) is 0.191. The summed E-state index contributed by atoms with van der Waals surface area (Å²) in [7, 11) is 0. The Hall–Kier alpha value is -4.51. The van der Waals surface area contributed by atoms with E-state index in [2.05, 4.69) is 51.4 Å². The Balaban J connectivity index is 1.09. The van der Waals surface area contributed by atoms with E-state index in [0.717, 1.165) is 51.9 Å². The summed E-state index contributed by atoms with van der Waals surface area (Å²) in [6.07, 6.45) is 1.06. The highest BCUT2D eigenvalue weighted by Gasteiger charge is 2.40. The minimum Gasteiger partial charge on any atom is -0.392 e. The Morgan fingerprint density at radius 3 is 2.44 bits per heavy atom. The number of hydrogen-bond donors (Lipinski definition) is 3. The molecule has 0 aliphatic carbocycles. The molecule has 1 amide bonds. The molecule has 2 aliphatic rings. The number of β-amino-alcohol motifs (C(OH)–C–C–N with tert-alkyl or cyclic N) is 1. The highest BCUT2D eigenvalue weighted by Crippen LogP contribution is 2.42. The second kappa shape index (κ2) is 14.3. The second-order valence-corrected chi connectivity index (χ2v) is 12.8. The molecule has 5 aromatic rings. The molecule has 3 N–H and O–H groups in total. The van der Waals surface area contributed by atoms with Gasteiger partial charge in [-0.15, -0.1) is 0 Å². The summed E-state index contributed by atoms with van der Waals surface area (Å²) in [6, 6.07) is 31.7. The molecule has 2 saturated heterocycles. The lowest BCUT2D eigenvalue weighted by molar-refractivity contribution is -0.276. The van der Waals surface area contributed by atoms with Crippen LogP contribution in [-0.4, -0.2) is 62.8 Å². The minimum atomic E-state index is -0.591. The lowest BCUT2D eigenvalue weighted by atomic mass is 9.90. The predicted molar refractivity (Wildman–Crippen MR) is 183 cm³/mol. The molecule has 3 heterocycles. The van der Waals surface area contributed by atoms with Crippen molar-refractivity contribution in [2.75, 3.05) is 19.6 Å². The number of likely N-dealkylation sites (tertiary alicyclic amines) is 1. The number of fused-ring (bicyclic) bond motifs is 1. The maximum atomic E-state index is 12.9. The number of carbonyl (C=O) groups excluding carboxylic acids is 1. The molecule has 0 saturated carbocycles. The molecule has 9 heteroatoms. The molecule has 246 valence electrons. The SMILES string of the molecule is CC1C(CN2CCC(O)C2)OC(c2cccc(-c3cccc(CNC(=O)c4cnc5ccccc5n4)c3)c2)OC1c1ccc(CO)cc1. The number of hydrogen-bond acceptors (Lipinski definition) is 8. The molecule has 4 aromatic carbocycles. The van der Waals surface area contributed by atoms with E-state index in [1.54, 1.807) is 0 Å². The highest BCUT2D eigenvalue weighted by atomic mass is 16.7. The molecule has 1 aromatic heterocycles. The van der Waals surface area contributed by atoms with E-state index >= 15 is 0 Å².